The molecule has 1 N–H and O–H groups in total. The Balaban J connectivity index is 2.46. The Bertz CT molecular complexity index is 274. The Labute approximate surface area is 94.0 Å². The molecule has 1 aromatic carbocycles. The molecule has 70 valence electrons. The first kappa shape index (κ1) is 10.7. The van der Waals surface area contributed by atoms with Crippen LogP contribution in [0.15, 0.2) is 30.3 Å². The summed E-state index contributed by atoms with van der Waals surface area (Å²) < 4.78 is 0.0312. The number of benzene rings is 1. The smallest absolute Gasteiger partial charge is 0.226 e. The number of rotatable bonds is 3. The predicted molar refractivity (Wildman–Crippen MR) is 61.3 cm³/mol. The summed E-state index contributed by atoms with van der Waals surface area (Å²) in [5.41, 5.74) is 0.827. The molecule has 0 atom stereocenters. The highest BCUT2D eigenvalue weighted by Gasteiger charge is 2.06. The van der Waals surface area contributed by atoms with Gasteiger partial charge in [-0.15, -0.1) is 0 Å². The molecule has 0 bridgehead atoms. The van der Waals surface area contributed by atoms with Gasteiger partial charge < -0.3 is 5.32 Å². The van der Waals surface area contributed by atoms with Gasteiger partial charge >= 0.3 is 0 Å². The fourth-order valence-electron chi connectivity index (χ4n) is 0.874. The number of anilines is 1. The van der Waals surface area contributed by atoms with Crippen LogP contribution in [0.1, 0.15) is 6.42 Å². The first-order valence-corrected chi connectivity index (χ1v) is 5.64. The highest BCUT2D eigenvalue weighted by molar-refractivity contribution is 9.24. The van der Waals surface area contributed by atoms with E-state index in [0.717, 1.165) is 5.69 Å². The molecule has 0 unspecified atom stereocenters. The number of hydrogen-bond donors (Lipinski definition) is 1. The second-order valence-corrected chi connectivity index (χ2v) is 5.95. The number of carbonyl (C=O) groups excluding carboxylic acids is 1. The Morgan fingerprint density at radius 1 is 1.31 bits per heavy atom. The molecule has 4 heteroatoms. The van der Waals surface area contributed by atoms with E-state index in [1.54, 1.807) is 0 Å². The second kappa shape index (κ2) is 5.40. The number of alkyl halides is 2. The molecular formula is C9H9Br2NO. The van der Waals surface area contributed by atoms with Crippen LogP contribution >= 0.6 is 31.9 Å². The van der Waals surface area contributed by atoms with Gasteiger partial charge in [0.05, 0.1) is 3.74 Å². The molecule has 0 aliphatic heterocycles. The first-order chi connectivity index (χ1) is 6.18. The molecule has 2 nitrogen and oxygen atoms in total. The summed E-state index contributed by atoms with van der Waals surface area (Å²) in [7, 11) is 0. The highest BCUT2D eigenvalue weighted by Crippen LogP contribution is 2.14. The SMILES string of the molecule is O=C(CC(Br)Br)Nc1ccccc1. The number of para-hydroxylation sites is 1. The van der Waals surface area contributed by atoms with Crippen LogP contribution in [0, 0.1) is 0 Å². The van der Waals surface area contributed by atoms with E-state index in [1.807, 2.05) is 30.3 Å². The summed E-state index contributed by atoms with van der Waals surface area (Å²) >= 11 is 6.49. The third kappa shape index (κ3) is 4.43. The van der Waals surface area contributed by atoms with Crippen molar-refractivity contribution in [3.8, 4) is 0 Å². The zero-order chi connectivity index (χ0) is 9.68. The van der Waals surface area contributed by atoms with Crippen molar-refractivity contribution in [3.63, 3.8) is 0 Å². The quantitative estimate of drug-likeness (QED) is 0.854. The predicted octanol–water partition coefficient (Wildman–Crippen LogP) is 3.13. The number of halogens is 2. The minimum absolute atomic E-state index is 0.00931. The maximum absolute atomic E-state index is 11.3. The molecule has 0 fully saturated rings. The fourth-order valence-corrected chi connectivity index (χ4v) is 1.46. The van der Waals surface area contributed by atoms with Crippen molar-refractivity contribution >= 4 is 43.5 Å². The van der Waals surface area contributed by atoms with Crippen molar-refractivity contribution in [2.45, 2.75) is 10.2 Å². The van der Waals surface area contributed by atoms with Gasteiger partial charge in [0.2, 0.25) is 5.91 Å². The van der Waals surface area contributed by atoms with Crippen LogP contribution in [-0.2, 0) is 4.79 Å². The zero-order valence-electron chi connectivity index (χ0n) is 6.84. The van der Waals surface area contributed by atoms with Crippen molar-refractivity contribution in [3.05, 3.63) is 30.3 Å². The van der Waals surface area contributed by atoms with Crippen LogP contribution in [0.4, 0.5) is 5.69 Å². The summed E-state index contributed by atoms with van der Waals surface area (Å²) in [6.45, 7) is 0. The molecule has 1 aromatic rings. The van der Waals surface area contributed by atoms with E-state index in [0.29, 0.717) is 6.42 Å². The molecule has 0 spiro atoms. The Morgan fingerprint density at radius 3 is 2.46 bits per heavy atom. The third-order valence-corrected chi connectivity index (χ3v) is 2.04. The molecule has 0 aliphatic carbocycles. The van der Waals surface area contributed by atoms with Gasteiger partial charge in [-0.2, -0.15) is 0 Å². The Morgan fingerprint density at radius 2 is 1.92 bits per heavy atom. The lowest BCUT2D eigenvalue weighted by molar-refractivity contribution is -0.115. The average Bonchev–Trinajstić information content (AvgIpc) is 2.04. The number of nitrogens with one attached hydrogen (secondary N) is 1. The molecule has 0 saturated carbocycles. The topological polar surface area (TPSA) is 29.1 Å². The van der Waals surface area contributed by atoms with Gasteiger partial charge in [-0.1, -0.05) is 50.1 Å². The normalized spacial score (nSPS) is 10.1. The van der Waals surface area contributed by atoms with E-state index in [1.165, 1.54) is 0 Å². The molecule has 1 amide bonds. The number of amides is 1. The molecule has 0 aliphatic rings. The highest BCUT2D eigenvalue weighted by atomic mass is 79.9. The summed E-state index contributed by atoms with van der Waals surface area (Å²) in [5, 5.41) is 2.77. The van der Waals surface area contributed by atoms with E-state index in [-0.39, 0.29) is 9.64 Å². The molecule has 0 radical (unpaired) electrons. The lowest BCUT2D eigenvalue weighted by atomic mass is 10.3. The van der Waals surface area contributed by atoms with Crippen LogP contribution in [0.5, 0.6) is 0 Å². The maximum atomic E-state index is 11.3. The third-order valence-electron chi connectivity index (χ3n) is 1.40. The molecule has 0 saturated heterocycles. The van der Waals surface area contributed by atoms with E-state index in [9.17, 15) is 4.79 Å². The van der Waals surface area contributed by atoms with Crippen molar-refractivity contribution in [1.82, 2.24) is 0 Å². The van der Waals surface area contributed by atoms with E-state index >= 15 is 0 Å². The molecule has 0 aromatic heterocycles. The average molecular weight is 307 g/mol. The lowest BCUT2D eigenvalue weighted by Gasteiger charge is -2.04. The van der Waals surface area contributed by atoms with Crippen LogP contribution in [0.25, 0.3) is 0 Å². The molecule has 0 heterocycles. The van der Waals surface area contributed by atoms with Gasteiger partial charge in [-0.25, -0.2) is 0 Å². The van der Waals surface area contributed by atoms with Crippen molar-refractivity contribution in [1.29, 1.82) is 0 Å². The monoisotopic (exact) mass is 305 g/mol. The Hall–Kier alpha value is -0.350. The summed E-state index contributed by atoms with van der Waals surface area (Å²) in [6.07, 6.45) is 0.412. The zero-order valence-corrected chi connectivity index (χ0v) is 10.0. The lowest BCUT2D eigenvalue weighted by Crippen LogP contribution is -2.13. The van der Waals surface area contributed by atoms with E-state index < -0.39 is 0 Å². The van der Waals surface area contributed by atoms with E-state index in [4.69, 9.17) is 0 Å². The van der Waals surface area contributed by atoms with Crippen LogP contribution in [0.2, 0.25) is 0 Å². The molecular weight excluding hydrogens is 298 g/mol. The fraction of sp³-hybridized carbons (Fsp3) is 0.222. The van der Waals surface area contributed by atoms with Crippen LogP contribution in [-0.4, -0.2) is 9.64 Å². The van der Waals surface area contributed by atoms with Crippen molar-refractivity contribution in [2.24, 2.45) is 0 Å². The summed E-state index contributed by atoms with van der Waals surface area (Å²) in [6, 6.07) is 9.39. The van der Waals surface area contributed by atoms with Crippen molar-refractivity contribution < 1.29 is 4.79 Å². The summed E-state index contributed by atoms with van der Waals surface area (Å²) in [5.74, 6) is -0.00931. The second-order valence-electron chi connectivity index (χ2n) is 2.51. The molecule has 1 rings (SSSR count). The van der Waals surface area contributed by atoms with Crippen LogP contribution < -0.4 is 5.32 Å². The van der Waals surface area contributed by atoms with Crippen LogP contribution in [0.3, 0.4) is 0 Å². The van der Waals surface area contributed by atoms with Gasteiger partial charge in [-0.3, -0.25) is 4.79 Å². The van der Waals surface area contributed by atoms with E-state index in [2.05, 4.69) is 37.2 Å². The minimum atomic E-state index is -0.00931. The van der Waals surface area contributed by atoms with Gasteiger partial charge in [0.1, 0.15) is 0 Å². The maximum Gasteiger partial charge on any atom is 0.226 e. The standard InChI is InChI=1S/C9H9Br2NO/c10-8(11)6-9(13)12-7-4-2-1-3-5-7/h1-5,8H,6H2,(H,12,13). The molecule has 13 heavy (non-hydrogen) atoms. The number of hydrogen-bond acceptors (Lipinski definition) is 1. The summed E-state index contributed by atoms with van der Waals surface area (Å²) in [4.78, 5) is 11.3. The van der Waals surface area contributed by atoms with Gasteiger partial charge in [0, 0.05) is 12.1 Å². The van der Waals surface area contributed by atoms with Gasteiger partial charge in [0.25, 0.3) is 0 Å². The number of carbonyl (C=O) groups is 1. The van der Waals surface area contributed by atoms with Crippen molar-refractivity contribution in [2.75, 3.05) is 5.32 Å². The Kier molecular flexibility index (Phi) is 4.45. The largest absolute Gasteiger partial charge is 0.326 e. The minimum Gasteiger partial charge on any atom is -0.326 e. The van der Waals surface area contributed by atoms with Gasteiger partial charge in [0.15, 0.2) is 0 Å². The first-order valence-electron chi connectivity index (χ1n) is 3.81. The van der Waals surface area contributed by atoms with Gasteiger partial charge in [-0.05, 0) is 12.1 Å².